The van der Waals surface area contributed by atoms with E-state index in [1.807, 2.05) is 36.4 Å². The maximum atomic E-state index is 12.0. The molecule has 2 aromatic rings. The summed E-state index contributed by atoms with van der Waals surface area (Å²) in [5, 5.41) is 8.12. The predicted molar refractivity (Wildman–Crippen MR) is 78.6 cm³/mol. The summed E-state index contributed by atoms with van der Waals surface area (Å²) >= 11 is 1.73. The van der Waals surface area contributed by atoms with Gasteiger partial charge in [0.2, 0.25) is 5.91 Å². The number of amides is 1. The van der Waals surface area contributed by atoms with Gasteiger partial charge in [0.25, 0.3) is 0 Å². The molecule has 1 aliphatic rings. The summed E-state index contributed by atoms with van der Waals surface area (Å²) in [5.74, 6) is 0.0705. The minimum atomic E-state index is 0.0705. The first-order valence-electron chi connectivity index (χ1n) is 6.30. The van der Waals surface area contributed by atoms with E-state index in [4.69, 9.17) is 0 Å². The van der Waals surface area contributed by atoms with Crippen molar-refractivity contribution in [1.29, 1.82) is 0 Å². The van der Waals surface area contributed by atoms with Gasteiger partial charge in [0.1, 0.15) is 0 Å². The monoisotopic (exact) mass is 270 g/mol. The second-order valence-corrected chi connectivity index (χ2v) is 5.50. The van der Waals surface area contributed by atoms with Crippen LogP contribution in [0.15, 0.2) is 52.9 Å². The molecule has 19 heavy (non-hydrogen) atoms. The summed E-state index contributed by atoms with van der Waals surface area (Å²) in [6, 6.07) is 13.8. The number of carbonyl (C=O) groups is 1. The molecule has 1 amide bonds. The van der Waals surface area contributed by atoms with E-state index in [1.165, 1.54) is 9.89 Å². The van der Waals surface area contributed by atoms with Gasteiger partial charge in [-0.3, -0.25) is 4.79 Å². The summed E-state index contributed by atoms with van der Waals surface area (Å²) in [7, 11) is 0. The van der Waals surface area contributed by atoms with Crippen molar-refractivity contribution in [1.82, 2.24) is 0 Å². The van der Waals surface area contributed by atoms with Gasteiger partial charge in [-0.15, -0.1) is 11.3 Å². The van der Waals surface area contributed by atoms with Gasteiger partial charge in [0.05, 0.1) is 5.69 Å². The van der Waals surface area contributed by atoms with Crippen LogP contribution in [0.3, 0.4) is 0 Å². The maximum absolute atomic E-state index is 12.0. The molecule has 0 radical (unpaired) electrons. The summed E-state index contributed by atoms with van der Waals surface area (Å²) in [6.07, 6.45) is 2.15. The first-order valence-corrected chi connectivity index (χ1v) is 7.17. The Morgan fingerprint density at radius 1 is 1.11 bits per heavy atom. The van der Waals surface area contributed by atoms with Gasteiger partial charge in [0.15, 0.2) is 0 Å². The number of hydrazone groups is 1. The molecule has 0 saturated carbocycles. The summed E-state index contributed by atoms with van der Waals surface area (Å²) in [6.45, 7) is 0. The molecule has 0 aliphatic carbocycles. The molecular formula is C15H14N2OS. The number of hydrogen-bond donors (Lipinski definition) is 0. The number of para-hydroxylation sites is 1. The van der Waals surface area contributed by atoms with Crippen molar-refractivity contribution in [2.45, 2.75) is 19.3 Å². The summed E-state index contributed by atoms with van der Waals surface area (Å²) < 4.78 is 0. The highest BCUT2D eigenvalue weighted by molar-refractivity contribution is 7.10. The fraction of sp³-hybridized carbons (Fsp3) is 0.200. The van der Waals surface area contributed by atoms with Crippen LogP contribution in [-0.4, -0.2) is 11.6 Å². The van der Waals surface area contributed by atoms with Crippen molar-refractivity contribution in [3.63, 3.8) is 0 Å². The molecule has 3 rings (SSSR count). The van der Waals surface area contributed by atoms with Crippen LogP contribution in [0.5, 0.6) is 0 Å². The number of rotatable bonds is 3. The SMILES string of the molecule is O=C1CCC(Cc2cccs2)=NN1c1ccccc1. The Morgan fingerprint density at radius 2 is 1.95 bits per heavy atom. The Kier molecular flexibility index (Phi) is 3.42. The lowest BCUT2D eigenvalue weighted by atomic mass is 10.1. The zero-order chi connectivity index (χ0) is 13.1. The second kappa shape index (κ2) is 5.36. The quantitative estimate of drug-likeness (QED) is 0.840. The van der Waals surface area contributed by atoms with Crippen molar-refractivity contribution in [2.24, 2.45) is 5.10 Å². The molecule has 0 bridgehead atoms. The normalized spacial score (nSPS) is 15.5. The highest BCUT2D eigenvalue weighted by Gasteiger charge is 2.21. The predicted octanol–water partition coefficient (Wildman–Crippen LogP) is 3.47. The third kappa shape index (κ3) is 2.74. The van der Waals surface area contributed by atoms with Crippen LogP contribution >= 0.6 is 11.3 Å². The molecule has 0 fully saturated rings. The van der Waals surface area contributed by atoms with E-state index >= 15 is 0 Å². The molecule has 1 aromatic carbocycles. The number of carbonyl (C=O) groups excluding carboxylic acids is 1. The Hall–Kier alpha value is -1.94. The molecule has 2 heterocycles. The van der Waals surface area contributed by atoms with Gasteiger partial charge in [-0.05, 0) is 30.0 Å². The van der Waals surface area contributed by atoms with Gasteiger partial charge in [-0.25, -0.2) is 5.01 Å². The first kappa shape index (κ1) is 12.1. The molecule has 0 atom stereocenters. The molecule has 4 heteroatoms. The lowest BCUT2D eigenvalue weighted by molar-refractivity contribution is -0.118. The topological polar surface area (TPSA) is 32.7 Å². The van der Waals surface area contributed by atoms with E-state index in [0.29, 0.717) is 6.42 Å². The van der Waals surface area contributed by atoms with Crippen molar-refractivity contribution >= 4 is 28.6 Å². The van der Waals surface area contributed by atoms with E-state index < -0.39 is 0 Å². The van der Waals surface area contributed by atoms with Crippen LogP contribution in [-0.2, 0) is 11.2 Å². The molecule has 1 aromatic heterocycles. The first-order chi connectivity index (χ1) is 9.33. The third-order valence-corrected chi connectivity index (χ3v) is 3.94. The molecule has 96 valence electrons. The van der Waals surface area contributed by atoms with E-state index in [0.717, 1.165) is 24.2 Å². The van der Waals surface area contributed by atoms with Gasteiger partial charge in [-0.1, -0.05) is 24.3 Å². The molecule has 0 unspecified atom stereocenters. The van der Waals surface area contributed by atoms with E-state index in [9.17, 15) is 4.79 Å². The fourth-order valence-corrected chi connectivity index (χ4v) is 2.85. The van der Waals surface area contributed by atoms with Gasteiger partial charge in [0, 0.05) is 23.4 Å². The molecule has 0 spiro atoms. The van der Waals surface area contributed by atoms with Crippen LogP contribution in [0.2, 0.25) is 0 Å². The Balaban J connectivity index is 1.84. The standard InChI is InChI=1S/C15H14N2OS/c18-15-9-8-12(11-14-7-4-10-19-14)16-17(15)13-5-2-1-3-6-13/h1-7,10H,8-9,11H2. The summed E-state index contributed by atoms with van der Waals surface area (Å²) in [5.41, 5.74) is 1.92. The van der Waals surface area contributed by atoms with Crippen LogP contribution in [0.25, 0.3) is 0 Å². The maximum Gasteiger partial charge on any atom is 0.247 e. The molecule has 0 saturated heterocycles. The zero-order valence-electron chi connectivity index (χ0n) is 10.5. The number of hydrogen-bond acceptors (Lipinski definition) is 3. The second-order valence-electron chi connectivity index (χ2n) is 4.46. The lowest BCUT2D eigenvalue weighted by Crippen LogP contribution is -2.32. The van der Waals surface area contributed by atoms with Gasteiger partial charge in [-0.2, -0.15) is 5.10 Å². The van der Waals surface area contributed by atoms with Crippen molar-refractivity contribution in [3.8, 4) is 0 Å². The third-order valence-electron chi connectivity index (χ3n) is 3.06. The number of nitrogens with zero attached hydrogens (tertiary/aromatic N) is 2. The van der Waals surface area contributed by atoms with Gasteiger partial charge >= 0.3 is 0 Å². The average Bonchev–Trinajstić information content (AvgIpc) is 2.95. The molecule has 0 N–H and O–H groups in total. The van der Waals surface area contributed by atoms with Crippen molar-refractivity contribution in [3.05, 3.63) is 52.7 Å². The van der Waals surface area contributed by atoms with Crippen LogP contribution in [0.1, 0.15) is 17.7 Å². The number of thiophene rings is 1. The Bertz CT molecular complexity index is 590. The van der Waals surface area contributed by atoms with Crippen molar-refractivity contribution < 1.29 is 4.79 Å². The highest BCUT2D eigenvalue weighted by Crippen LogP contribution is 2.21. The summed E-state index contributed by atoms with van der Waals surface area (Å²) in [4.78, 5) is 13.3. The smallest absolute Gasteiger partial charge is 0.247 e. The molecule has 1 aliphatic heterocycles. The van der Waals surface area contributed by atoms with Crippen LogP contribution < -0.4 is 5.01 Å². The van der Waals surface area contributed by atoms with E-state index in [2.05, 4.69) is 16.5 Å². The Labute approximate surface area is 116 Å². The van der Waals surface area contributed by atoms with E-state index in [-0.39, 0.29) is 5.91 Å². The fourth-order valence-electron chi connectivity index (χ4n) is 2.11. The van der Waals surface area contributed by atoms with Gasteiger partial charge < -0.3 is 0 Å². The zero-order valence-corrected chi connectivity index (χ0v) is 11.3. The highest BCUT2D eigenvalue weighted by atomic mass is 32.1. The number of benzene rings is 1. The minimum absolute atomic E-state index is 0.0705. The average molecular weight is 270 g/mol. The molecular weight excluding hydrogens is 256 g/mol. The Morgan fingerprint density at radius 3 is 2.68 bits per heavy atom. The van der Waals surface area contributed by atoms with Crippen molar-refractivity contribution in [2.75, 3.05) is 5.01 Å². The van der Waals surface area contributed by atoms with Crippen LogP contribution in [0, 0.1) is 0 Å². The van der Waals surface area contributed by atoms with E-state index in [1.54, 1.807) is 11.3 Å². The van der Waals surface area contributed by atoms with Crippen LogP contribution in [0.4, 0.5) is 5.69 Å². The minimum Gasteiger partial charge on any atom is -0.273 e. The molecule has 3 nitrogen and oxygen atoms in total. The lowest BCUT2D eigenvalue weighted by Gasteiger charge is -2.23. The number of anilines is 1. The largest absolute Gasteiger partial charge is 0.273 e.